The molecule has 0 atom stereocenters. The fourth-order valence-corrected chi connectivity index (χ4v) is 3.69. The van der Waals surface area contributed by atoms with Crippen LogP contribution in [0.15, 0.2) is 28.9 Å². The Labute approximate surface area is 129 Å². The zero-order valence-corrected chi connectivity index (χ0v) is 13.3. The molecule has 2 aromatic rings. The number of hydrogen-bond donors (Lipinski definition) is 0. The van der Waals surface area contributed by atoms with Crippen LogP contribution in [0.3, 0.4) is 0 Å². The number of carbonyl (C=O) groups is 1. The minimum absolute atomic E-state index is 0.00204. The van der Waals surface area contributed by atoms with Crippen molar-refractivity contribution in [1.29, 1.82) is 0 Å². The Morgan fingerprint density at radius 1 is 1.29 bits per heavy atom. The highest BCUT2D eigenvalue weighted by Gasteiger charge is 2.23. The van der Waals surface area contributed by atoms with Crippen molar-refractivity contribution >= 4 is 17.2 Å². The first-order valence-corrected chi connectivity index (χ1v) is 8.06. The number of hydrogen-bond acceptors (Lipinski definition) is 4. The Hall–Kier alpha value is -1.59. The summed E-state index contributed by atoms with van der Waals surface area (Å²) in [6.45, 7) is 8.69. The molecule has 0 unspecified atom stereocenters. The van der Waals surface area contributed by atoms with Crippen LogP contribution >= 0.6 is 11.3 Å². The van der Waals surface area contributed by atoms with Gasteiger partial charge in [-0.05, 0) is 37.6 Å². The molecule has 5 heteroatoms. The first-order chi connectivity index (χ1) is 10.1. The average Bonchev–Trinajstić information content (AvgIpc) is 3.10. The lowest BCUT2D eigenvalue weighted by atomic mass is 10.2. The lowest BCUT2D eigenvalue weighted by Crippen LogP contribution is -2.48. The summed E-state index contributed by atoms with van der Waals surface area (Å²) >= 11 is 1.86. The standard InChI is InChI=1S/C16H20N2O2S/c1-12-10-14(13(2)21-12)11-17-5-7-18(8-6-17)16(19)15-4-3-9-20-15/h3-4,9-10H,5-8,11H2,1-2H3. The predicted molar refractivity (Wildman–Crippen MR) is 83.7 cm³/mol. The largest absolute Gasteiger partial charge is 0.459 e. The van der Waals surface area contributed by atoms with Crippen LogP contribution in [0.1, 0.15) is 25.9 Å². The first kappa shape index (κ1) is 14.4. The Kier molecular flexibility index (Phi) is 4.12. The second-order valence-electron chi connectivity index (χ2n) is 5.48. The molecule has 3 heterocycles. The molecule has 1 fully saturated rings. The number of piperazine rings is 1. The third kappa shape index (κ3) is 3.19. The highest BCUT2D eigenvalue weighted by molar-refractivity contribution is 7.12. The van der Waals surface area contributed by atoms with E-state index in [4.69, 9.17) is 4.42 Å². The van der Waals surface area contributed by atoms with Crippen LogP contribution in [0.25, 0.3) is 0 Å². The van der Waals surface area contributed by atoms with Crippen molar-refractivity contribution in [3.63, 3.8) is 0 Å². The normalized spacial score (nSPS) is 16.4. The number of aryl methyl sites for hydroxylation is 2. The van der Waals surface area contributed by atoms with E-state index in [1.54, 1.807) is 18.4 Å². The van der Waals surface area contributed by atoms with Crippen LogP contribution in [0, 0.1) is 13.8 Å². The Balaban J connectivity index is 1.56. The lowest BCUT2D eigenvalue weighted by Gasteiger charge is -2.34. The fourth-order valence-electron chi connectivity index (χ4n) is 2.75. The van der Waals surface area contributed by atoms with Crippen LogP contribution in [-0.4, -0.2) is 41.9 Å². The zero-order chi connectivity index (χ0) is 14.8. The maximum Gasteiger partial charge on any atom is 0.289 e. The number of amides is 1. The van der Waals surface area contributed by atoms with E-state index >= 15 is 0 Å². The first-order valence-electron chi connectivity index (χ1n) is 7.24. The van der Waals surface area contributed by atoms with Crippen molar-refractivity contribution in [3.05, 3.63) is 45.5 Å². The summed E-state index contributed by atoms with van der Waals surface area (Å²) in [5.41, 5.74) is 1.42. The maximum atomic E-state index is 12.2. The van der Waals surface area contributed by atoms with E-state index in [-0.39, 0.29) is 5.91 Å². The average molecular weight is 304 g/mol. The summed E-state index contributed by atoms with van der Waals surface area (Å²) in [5.74, 6) is 0.440. The van der Waals surface area contributed by atoms with E-state index in [0.29, 0.717) is 5.76 Å². The molecule has 1 aliphatic rings. The quantitative estimate of drug-likeness (QED) is 0.875. The molecule has 1 aliphatic heterocycles. The maximum absolute atomic E-state index is 12.2. The third-order valence-corrected chi connectivity index (χ3v) is 4.94. The van der Waals surface area contributed by atoms with E-state index in [0.717, 1.165) is 32.7 Å². The molecule has 2 aromatic heterocycles. The highest BCUT2D eigenvalue weighted by Crippen LogP contribution is 2.22. The molecule has 4 nitrogen and oxygen atoms in total. The molecular formula is C16H20N2O2S. The van der Waals surface area contributed by atoms with Crippen LogP contribution in [0.5, 0.6) is 0 Å². The summed E-state index contributed by atoms with van der Waals surface area (Å²) in [4.78, 5) is 19.3. The van der Waals surface area contributed by atoms with Crippen LogP contribution < -0.4 is 0 Å². The van der Waals surface area contributed by atoms with Gasteiger partial charge in [0.1, 0.15) is 0 Å². The molecular weight excluding hydrogens is 284 g/mol. The zero-order valence-electron chi connectivity index (χ0n) is 12.5. The predicted octanol–water partition coefficient (Wildman–Crippen LogP) is 2.92. The summed E-state index contributed by atoms with van der Waals surface area (Å²) in [7, 11) is 0. The second kappa shape index (κ2) is 6.03. The summed E-state index contributed by atoms with van der Waals surface area (Å²) < 4.78 is 5.19. The lowest BCUT2D eigenvalue weighted by molar-refractivity contribution is 0.0597. The number of rotatable bonds is 3. The van der Waals surface area contributed by atoms with Gasteiger partial charge in [-0.15, -0.1) is 11.3 Å². The smallest absolute Gasteiger partial charge is 0.289 e. The minimum atomic E-state index is 0.00204. The molecule has 0 aliphatic carbocycles. The Morgan fingerprint density at radius 2 is 2.05 bits per heavy atom. The molecule has 3 rings (SSSR count). The molecule has 0 bridgehead atoms. The van der Waals surface area contributed by atoms with Crippen molar-refractivity contribution < 1.29 is 9.21 Å². The number of nitrogens with zero attached hydrogens (tertiary/aromatic N) is 2. The Bertz CT molecular complexity index is 610. The summed E-state index contributed by atoms with van der Waals surface area (Å²) in [6.07, 6.45) is 1.55. The molecule has 0 N–H and O–H groups in total. The van der Waals surface area contributed by atoms with Gasteiger partial charge >= 0.3 is 0 Å². The Morgan fingerprint density at radius 3 is 2.62 bits per heavy atom. The summed E-state index contributed by atoms with van der Waals surface area (Å²) in [5, 5.41) is 0. The minimum Gasteiger partial charge on any atom is -0.459 e. The molecule has 0 aromatic carbocycles. The van der Waals surface area contributed by atoms with Gasteiger partial charge in [0.15, 0.2) is 5.76 Å². The molecule has 0 spiro atoms. The van der Waals surface area contributed by atoms with Crippen molar-refractivity contribution in [2.45, 2.75) is 20.4 Å². The highest BCUT2D eigenvalue weighted by atomic mass is 32.1. The van der Waals surface area contributed by atoms with Gasteiger partial charge in [0.2, 0.25) is 0 Å². The van der Waals surface area contributed by atoms with Crippen molar-refractivity contribution in [1.82, 2.24) is 9.80 Å². The third-order valence-electron chi connectivity index (χ3n) is 3.93. The SMILES string of the molecule is Cc1cc(CN2CCN(C(=O)c3ccco3)CC2)c(C)s1. The van der Waals surface area contributed by atoms with Crippen LogP contribution in [-0.2, 0) is 6.54 Å². The topological polar surface area (TPSA) is 36.7 Å². The van der Waals surface area contributed by atoms with E-state index < -0.39 is 0 Å². The number of carbonyl (C=O) groups excluding carboxylic acids is 1. The van der Waals surface area contributed by atoms with Crippen molar-refractivity contribution in [2.75, 3.05) is 26.2 Å². The molecule has 0 saturated carbocycles. The summed E-state index contributed by atoms with van der Waals surface area (Å²) in [6, 6.07) is 5.76. The molecule has 1 amide bonds. The molecule has 21 heavy (non-hydrogen) atoms. The monoisotopic (exact) mass is 304 g/mol. The van der Waals surface area contributed by atoms with Gasteiger partial charge in [0.25, 0.3) is 5.91 Å². The van der Waals surface area contributed by atoms with Crippen LogP contribution in [0.2, 0.25) is 0 Å². The van der Waals surface area contributed by atoms with E-state index in [1.165, 1.54) is 15.3 Å². The van der Waals surface area contributed by atoms with Crippen molar-refractivity contribution in [2.24, 2.45) is 0 Å². The number of thiophene rings is 1. The fraction of sp³-hybridized carbons (Fsp3) is 0.438. The van der Waals surface area contributed by atoms with Gasteiger partial charge in [0.05, 0.1) is 6.26 Å². The van der Waals surface area contributed by atoms with Gasteiger partial charge < -0.3 is 9.32 Å². The van der Waals surface area contributed by atoms with Gasteiger partial charge in [-0.1, -0.05) is 0 Å². The van der Waals surface area contributed by atoms with Crippen LogP contribution in [0.4, 0.5) is 0 Å². The molecule has 112 valence electrons. The van der Waals surface area contributed by atoms with Gasteiger partial charge in [0, 0.05) is 42.5 Å². The van der Waals surface area contributed by atoms with Gasteiger partial charge in [-0.3, -0.25) is 9.69 Å². The van der Waals surface area contributed by atoms with Gasteiger partial charge in [-0.2, -0.15) is 0 Å². The van der Waals surface area contributed by atoms with E-state index in [9.17, 15) is 4.79 Å². The van der Waals surface area contributed by atoms with Gasteiger partial charge in [-0.25, -0.2) is 0 Å². The van der Waals surface area contributed by atoms with Crippen molar-refractivity contribution in [3.8, 4) is 0 Å². The molecule has 0 radical (unpaired) electrons. The second-order valence-corrected chi connectivity index (χ2v) is 6.94. The van der Waals surface area contributed by atoms with E-state index in [2.05, 4.69) is 24.8 Å². The van der Waals surface area contributed by atoms with E-state index in [1.807, 2.05) is 16.2 Å². The molecule has 1 saturated heterocycles. The number of furan rings is 1.